The first-order valence-electron chi connectivity index (χ1n) is 7.38. The molecule has 4 nitrogen and oxygen atoms in total. The Kier molecular flexibility index (Phi) is 6.02. The van der Waals surface area contributed by atoms with Crippen LogP contribution in [0.3, 0.4) is 0 Å². The third-order valence-electron chi connectivity index (χ3n) is 3.66. The number of hydrogen-bond donors (Lipinski definition) is 2. The molecule has 0 amide bonds. The summed E-state index contributed by atoms with van der Waals surface area (Å²) in [6.07, 6.45) is 1.36. The zero-order valence-electron chi connectivity index (χ0n) is 13.2. The lowest BCUT2D eigenvalue weighted by molar-refractivity contribution is 0.112. The number of anilines is 1. The van der Waals surface area contributed by atoms with Crippen LogP contribution in [-0.2, 0) is 6.42 Å². The molecule has 0 bridgehead atoms. The number of ether oxygens (including phenoxy) is 1. The van der Waals surface area contributed by atoms with Gasteiger partial charge in [0.2, 0.25) is 0 Å². The highest BCUT2D eigenvalue weighted by molar-refractivity contribution is 6.33. The molecule has 0 fully saturated rings. The van der Waals surface area contributed by atoms with Crippen molar-refractivity contribution < 1.29 is 14.6 Å². The van der Waals surface area contributed by atoms with Crippen molar-refractivity contribution in [2.24, 2.45) is 0 Å². The van der Waals surface area contributed by atoms with Crippen molar-refractivity contribution in [3.63, 3.8) is 0 Å². The summed E-state index contributed by atoms with van der Waals surface area (Å²) in [5, 5.41) is 12.9. The lowest BCUT2D eigenvalue weighted by atomic mass is 10.0. The number of aliphatic hydroxyl groups is 1. The standard InChI is InChI=1S/C18H20ClNO3/c1-12(20-17-5-3-14(11-22)10-16(17)19)15-9-13(7-8-21)4-6-18(15)23-2/h3-6,9-12,20-21H,7-8H2,1-2H3. The number of methoxy groups -OCH3 is 1. The largest absolute Gasteiger partial charge is 0.496 e. The Morgan fingerprint density at radius 3 is 2.70 bits per heavy atom. The Hall–Kier alpha value is -2.04. The minimum absolute atomic E-state index is 0.0526. The molecule has 2 rings (SSSR count). The molecule has 0 aliphatic carbocycles. The van der Waals surface area contributed by atoms with Gasteiger partial charge in [0.25, 0.3) is 0 Å². The number of carbonyl (C=O) groups excluding carboxylic acids is 1. The van der Waals surface area contributed by atoms with E-state index >= 15 is 0 Å². The van der Waals surface area contributed by atoms with E-state index in [0.717, 1.165) is 28.8 Å². The average Bonchev–Trinajstić information content (AvgIpc) is 2.56. The molecule has 1 unspecified atom stereocenters. The van der Waals surface area contributed by atoms with E-state index in [1.807, 2.05) is 25.1 Å². The third kappa shape index (κ3) is 4.24. The summed E-state index contributed by atoms with van der Waals surface area (Å²) in [6, 6.07) is 10.9. The quantitative estimate of drug-likeness (QED) is 0.755. The zero-order valence-corrected chi connectivity index (χ0v) is 13.9. The van der Waals surface area contributed by atoms with E-state index in [0.29, 0.717) is 17.0 Å². The third-order valence-corrected chi connectivity index (χ3v) is 3.98. The van der Waals surface area contributed by atoms with Gasteiger partial charge in [-0.15, -0.1) is 0 Å². The van der Waals surface area contributed by atoms with Gasteiger partial charge in [0.05, 0.1) is 23.9 Å². The maximum absolute atomic E-state index is 10.8. The number of rotatable bonds is 7. The molecule has 1 atom stereocenters. The molecule has 2 N–H and O–H groups in total. The molecule has 0 heterocycles. The molecule has 23 heavy (non-hydrogen) atoms. The molecule has 2 aromatic rings. The monoisotopic (exact) mass is 333 g/mol. The Morgan fingerprint density at radius 2 is 2.09 bits per heavy atom. The fraction of sp³-hybridized carbons (Fsp3) is 0.278. The first-order chi connectivity index (χ1) is 11.1. The van der Waals surface area contributed by atoms with E-state index in [1.165, 1.54) is 0 Å². The Morgan fingerprint density at radius 1 is 1.30 bits per heavy atom. The molecule has 0 radical (unpaired) electrons. The number of nitrogens with one attached hydrogen (secondary N) is 1. The smallest absolute Gasteiger partial charge is 0.150 e. The van der Waals surface area contributed by atoms with Crippen LogP contribution in [0, 0.1) is 0 Å². The summed E-state index contributed by atoms with van der Waals surface area (Å²) in [5.74, 6) is 0.771. The van der Waals surface area contributed by atoms with Crippen LogP contribution in [0.2, 0.25) is 5.02 Å². The molecule has 0 aliphatic heterocycles. The second-order valence-electron chi connectivity index (χ2n) is 5.27. The predicted molar refractivity (Wildman–Crippen MR) is 92.7 cm³/mol. The van der Waals surface area contributed by atoms with Gasteiger partial charge in [-0.05, 0) is 49.2 Å². The van der Waals surface area contributed by atoms with E-state index in [1.54, 1.807) is 25.3 Å². The summed E-state index contributed by atoms with van der Waals surface area (Å²) >= 11 is 6.21. The van der Waals surface area contributed by atoms with Gasteiger partial charge in [0, 0.05) is 17.7 Å². The van der Waals surface area contributed by atoms with Crippen molar-refractivity contribution in [2.45, 2.75) is 19.4 Å². The average molecular weight is 334 g/mol. The molecular weight excluding hydrogens is 314 g/mol. The van der Waals surface area contributed by atoms with Crippen LogP contribution in [0.1, 0.15) is 34.5 Å². The van der Waals surface area contributed by atoms with Gasteiger partial charge in [-0.3, -0.25) is 4.79 Å². The van der Waals surface area contributed by atoms with Crippen molar-refractivity contribution in [1.29, 1.82) is 0 Å². The summed E-state index contributed by atoms with van der Waals surface area (Å²) in [5.41, 5.74) is 3.31. The predicted octanol–water partition coefficient (Wildman–Crippen LogP) is 3.87. The number of hydrogen-bond acceptors (Lipinski definition) is 4. The van der Waals surface area contributed by atoms with Crippen molar-refractivity contribution in [2.75, 3.05) is 19.0 Å². The van der Waals surface area contributed by atoms with Crippen molar-refractivity contribution in [3.8, 4) is 5.75 Å². The van der Waals surface area contributed by atoms with Crippen LogP contribution >= 0.6 is 11.6 Å². The first kappa shape index (κ1) is 17.3. The molecule has 2 aromatic carbocycles. The Balaban J connectivity index is 2.27. The highest BCUT2D eigenvalue weighted by Crippen LogP contribution is 2.31. The molecule has 122 valence electrons. The van der Waals surface area contributed by atoms with Crippen molar-refractivity contribution >= 4 is 23.6 Å². The lowest BCUT2D eigenvalue weighted by Crippen LogP contribution is -2.09. The SMILES string of the molecule is COc1ccc(CCO)cc1C(C)Nc1ccc(C=O)cc1Cl. The summed E-state index contributed by atoms with van der Waals surface area (Å²) < 4.78 is 5.42. The molecule has 0 saturated heterocycles. The fourth-order valence-corrected chi connectivity index (χ4v) is 2.68. The Labute approximate surface area is 141 Å². The second kappa shape index (κ2) is 7.99. The van der Waals surface area contributed by atoms with Crippen LogP contribution < -0.4 is 10.1 Å². The highest BCUT2D eigenvalue weighted by atomic mass is 35.5. The van der Waals surface area contributed by atoms with E-state index in [9.17, 15) is 4.79 Å². The van der Waals surface area contributed by atoms with Crippen LogP contribution in [0.25, 0.3) is 0 Å². The number of aliphatic hydroxyl groups excluding tert-OH is 1. The summed E-state index contributed by atoms with van der Waals surface area (Å²) in [6.45, 7) is 2.11. The minimum atomic E-state index is -0.0526. The van der Waals surface area contributed by atoms with Gasteiger partial charge in [-0.25, -0.2) is 0 Å². The fourth-order valence-electron chi connectivity index (χ4n) is 2.44. The van der Waals surface area contributed by atoms with Gasteiger partial charge < -0.3 is 15.2 Å². The van der Waals surface area contributed by atoms with Crippen molar-refractivity contribution in [1.82, 2.24) is 0 Å². The number of aldehydes is 1. The molecule has 0 aliphatic rings. The number of benzene rings is 2. The topological polar surface area (TPSA) is 58.6 Å². The van der Waals surface area contributed by atoms with Gasteiger partial charge in [-0.1, -0.05) is 17.7 Å². The van der Waals surface area contributed by atoms with Gasteiger partial charge in [0.15, 0.2) is 0 Å². The summed E-state index contributed by atoms with van der Waals surface area (Å²) in [7, 11) is 1.63. The number of halogens is 1. The lowest BCUT2D eigenvalue weighted by Gasteiger charge is -2.20. The maximum Gasteiger partial charge on any atom is 0.150 e. The maximum atomic E-state index is 10.8. The number of carbonyl (C=O) groups is 1. The minimum Gasteiger partial charge on any atom is -0.496 e. The molecule has 0 spiro atoms. The van der Waals surface area contributed by atoms with Gasteiger partial charge in [0.1, 0.15) is 12.0 Å². The summed E-state index contributed by atoms with van der Waals surface area (Å²) in [4.78, 5) is 10.8. The molecule has 0 saturated carbocycles. The normalized spacial score (nSPS) is 11.8. The van der Waals surface area contributed by atoms with E-state index < -0.39 is 0 Å². The first-order valence-corrected chi connectivity index (χ1v) is 7.75. The molecular formula is C18H20ClNO3. The second-order valence-corrected chi connectivity index (χ2v) is 5.68. The Bertz CT molecular complexity index is 688. The van der Waals surface area contributed by atoms with Crippen molar-refractivity contribution in [3.05, 3.63) is 58.1 Å². The highest BCUT2D eigenvalue weighted by Gasteiger charge is 2.14. The van der Waals surface area contributed by atoms with Gasteiger partial charge in [-0.2, -0.15) is 0 Å². The van der Waals surface area contributed by atoms with Crippen LogP contribution in [0.4, 0.5) is 5.69 Å². The van der Waals surface area contributed by atoms with Crippen LogP contribution in [0.15, 0.2) is 36.4 Å². The van der Waals surface area contributed by atoms with E-state index in [2.05, 4.69) is 5.32 Å². The zero-order chi connectivity index (χ0) is 16.8. The van der Waals surface area contributed by atoms with E-state index in [-0.39, 0.29) is 12.6 Å². The molecule has 0 aromatic heterocycles. The van der Waals surface area contributed by atoms with Gasteiger partial charge >= 0.3 is 0 Å². The van der Waals surface area contributed by atoms with Crippen LogP contribution in [-0.4, -0.2) is 25.1 Å². The van der Waals surface area contributed by atoms with Crippen LogP contribution in [0.5, 0.6) is 5.75 Å². The molecule has 5 heteroatoms. The van der Waals surface area contributed by atoms with E-state index in [4.69, 9.17) is 21.4 Å².